The number of rotatable bonds is 9. The smallest absolute Gasteiger partial charge is 0.349 e. The number of amides is 2. The summed E-state index contributed by atoms with van der Waals surface area (Å²) in [6.45, 7) is 1.58. The molecule has 5 heterocycles. The number of nitrogens with zero attached hydrogens (tertiary/aromatic N) is 4. The van der Waals surface area contributed by atoms with Gasteiger partial charge in [0.15, 0.2) is 0 Å². The van der Waals surface area contributed by atoms with Gasteiger partial charge < -0.3 is 15.5 Å². The largest absolute Gasteiger partial charge is 0.389 e. The summed E-state index contributed by atoms with van der Waals surface area (Å²) in [6.07, 6.45) is 4.98. The molecular formula is C31H36ClF3N6O4S. The Balaban J connectivity index is 1.06. The van der Waals surface area contributed by atoms with Crippen molar-refractivity contribution in [2.24, 2.45) is 5.92 Å². The molecule has 0 saturated carbocycles. The SMILES string of the molecule is O=C1Nc2cc(Cl)c(C(=O)NC3C[C@H]4CC[C@@H](C3)N4S(=O)(=O)CC3CCN(CCCC(F)(F)F)CC3)cc2/C1=C/c1cncnc1. The van der Waals surface area contributed by atoms with Gasteiger partial charge in [-0.05, 0) is 88.7 Å². The summed E-state index contributed by atoms with van der Waals surface area (Å²) in [4.78, 5) is 36.1. The zero-order chi connectivity index (χ0) is 32.6. The second-order valence-corrected chi connectivity index (χ2v) is 15.0. The molecule has 0 aliphatic carbocycles. The molecule has 46 heavy (non-hydrogen) atoms. The Labute approximate surface area is 270 Å². The zero-order valence-corrected chi connectivity index (χ0v) is 26.7. The third kappa shape index (κ3) is 7.40. The highest BCUT2D eigenvalue weighted by atomic mass is 35.5. The number of sulfonamides is 1. The topological polar surface area (TPSA) is 125 Å². The van der Waals surface area contributed by atoms with Gasteiger partial charge in [-0.3, -0.25) is 9.59 Å². The maximum Gasteiger partial charge on any atom is 0.389 e. The highest BCUT2D eigenvalue weighted by molar-refractivity contribution is 7.89. The maximum atomic E-state index is 13.6. The van der Waals surface area contributed by atoms with E-state index in [2.05, 4.69) is 20.6 Å². The predicted molar refractivity (Wildman–Crippen MR) is 167 cm³/mol. The number of nitrogens with one attached hydrogen (secondary N) is 2. The van der Waals surface area contributed by atoms with Crippen LogP contribution in [0.4, 0.5) is 18.9 Å². The first-order valence-electron chi connectivity index (χ1n) is 15.6. The van der Waals surface area contributed by atoms with Crippen LogP contribution in [0.25, 0.3) is 11.6 Å². The van der Waals surface area contributed by atoms with Crippen LogP contribution >= 0.6 is 11.6 Å². The molecule has 15 heteroatoms. The van der Waals surface area contributed by atoms with Gasteiger partial charge in [-0.2, -0.15) is 17.5 Å². The van der Waals surface area contributed by atoms with Crippen LogP contribution in [0.1, 0.15) is 72.9 Å². The molecule has 2 N–H and O–H groups in total. The van der Waals surface area contributed by atoms with E-state index in [0.29, 0.717) is 67.7 Å². The second-order valence-electron chi connectivity index (χ2n) is 12.7. The van der Waals surface area contributed by atoms with Crippen LogP contribution in [0.5, 0.6) is 0 Å². The van der Waals surface area contributed by atoms with Crippen molar-refractivity contribution in [2.75, 3.05) is 30.7 Å². The van der Waals surface area contributed by atoms with Crippen LogP contribution in [0.2, 0.25) is 5.02 Å². The van der Waals surface area contributed by atoms with Crippen molar-refractivity contribution in [2.45, 2.75) is 75.7 Å². The molecule has 10 nitrogen and oxygen atoms in total. The molecule has 3 saturated heterocycles. The quantitative estimate of drug-likeness (QED) is 0.367. The van der Waals surface area contributed by atoms with Gasteiger partial charge in [0.25, 0.3) is 11.8 Å². The average Bonchev–Trinajstić information content (AvgIpc) is 3.45. The van der Waals surface area contributed by atoms with Crippen molar-refractivity contribution in [3.8, 4) is 0 Å². The molecule has 2 amide bonds. The fourth-order valence-electron chi connectivity index (χ4n) is 7.31. The molecule has 248 valence electrons. The lowest BCUT2D eigenvalue weighted by Gasteiger charge is -2.39. The van der Waals surface area contributed by atoms with Crippen molar-refractivity contribution in [3.63, 3.8) is 0 Å². The summed E-state index contributed by atoms with van der Waals surface area (Å²) >= 11 is 6.49. The number of carbonyl (C=O) groups excluding carboxylic acids is 2. The minimum absolute atomic E-state index is 0.0302. The fraction of sp³-hybridized carbons (Fsp3) is 0.548. The van der Waals surface area contributed by atoms with E-state index in [-0.39, 0.29) is 52.7 Å². The van der Waals surface area contributed by atoms with E-state index in [1.54, 1.807) is 34.9 Å². The van der Waals surface area contributed by atoms with E-state index < -0.39 is 28.5 Å². The number of fused-ring (bicyclic) bond motifs is 3. The van der Waals surface area contributed by atoms with Gasteiger partial charge in [-0.15, -0.1) is 0 Å². The number of hydrogen-bond acceptors (Lipinski definition) is 7. The molecule has 3 atom stereocenters. The Morgan fingerprint density at radius 1 is 1.09 bits per heavy atom. The minimum Gasteiger partial charge on any atom is -0.349 e. The van der Waals surface area contributed by atoms with Crippen molar-refractivity contribution in [3.05, 3.63) is 52.6 Å². The lowest BCUT2D eigenvalue weighted by molar-refractivity contribution is -0.136. The van der Waals surface area contributed by atoms with Crippen LogP contribution in [0.15, 0.2) is 30.9 Å². The molecule has 6 rings (SSSR count). The van der Waals surface area contributed by atoms with Crippen molar-refractivity contribution in [1.82, 2.24) is 24.5 Å². The summed E-state index contributed by atoms with van der Waals surface area (Å²) in [5, 5.41) is 6.03. The van der Waals surface area contributed by atoms with Gasteiger partial charge in [-0.25, -0.2) is 18.4 Å². The molecule has 0 spiro atoms. The molecule has 1 unspecified atom stereocenters. The van der Waals surface area contributed by atoms with E-state index in [1.807, 2.05) is 4.90 Å². The fourth-order valence-corrected chi connectivity index (χ4v) is 9.96. The van der Waals surface area contributed by atoms with Gasteiger partial charge >= 0.3 is 6.18 Å². The Morgan fingerprint density at radius 2 is 1.76 bits per heavy atom. The number of alkyl halides is 3. The van der Waals surface area contributed by atoms with Crippen LogP contribution < -0.4 is 10.6 Å². The molecule has 2 aromatic rings. The first kappa shape index (κ1) is 32.9. The van der Waals surface area contributed by atoms with Gasteiger partial charge in [0.1, 0.15) is 6.33 Å². The normalized spacial score (nSPS) is 25.1. The first-order valence-corrected chi connectivity index (χ1v) is 17.6. The van der Waals surface area contributed by atoms with E-state index in [9.17, 15) is 31.2 Å². The molecule has 1 aromatic carbocycles. The standard InChI is InChI=1S/C31H36ClF3N6O4S/c32-27-14-28-24(25(29(42)39-28)10-20-15-36-18-37-16-20)13-26(27)30(43)38-21-11-22-2-3-23(12-21)41(22)46(44,45)17-19-4-8-40(9-5-19)7-1-6-31(33,34)35/h10,13-16,18-19,21-23H,1-9,11-12,17H2,(H,38,43)(H,39,42)/b25-10-/t21?,22-,23+. The van der Waals surface area contributed by atoms with Gasteiger partial charge in [0.05, 0.1) is 22.0 Å². The van der Waals surface area contributed by atoms with E-state index in [4.69, 9.17) is 11.6 Å². The molecular weight excluding hydrogens is 645 g/mol. The van der Waals surface area contributed by atoms with Crippen LogP contribution in [-0.4, -0.2) is 89.1 Å². The van der Waals surface area contributed by atoms with E-state index in [1.165, 1.54) is 6.33 Å². The molecule has 3 fully saturated rings. The van der Waals surface area contributed by atoms with Crippen LogP contribution in [0, 0.1) is 5.92 Å². The Hall–Kier alpha value is -3.07. The van der Waals surface area contributed by atoms with Crippen LogP contribution in [-0.2, 0) is 14.8 Å². The molecule has 4 aliphatic rings. The maximum absolute atomic E-state index is 13.6. The van der Waals surface area contributed by atoms with Crippen molar-refractivity contribution >= 4 is 50.8 Å². The average molecular weight is 681 g/mol. The Morgan fingerprint density at radius 3 is 2.41 bits per heavy atom. The third-order valence-corrected chi connectivity index (χ3v) is 11.9. The molecule has 1 aromatic heterocycles. The predicted octanol–water partition coefficient (Wildman–Crippen LogP) is 4.73. The first-order chi connectivity index (χ1) is 21.9. The lowest BCUT2D eigenvalue weighted by Crippen LogP contribution is -2.53. The number of carbonyl (C=O) groups is 2. The summed E-state index contributed by atoms with van der Waals surface area (Å²) in [5.74, 6) is -0.714. The monoisotopic (exact) mass is 680 g/mol. The third-order valence-electron chi connectivity index (χ3n) is 9.44. The molecule has 0 radical (unpaired) electrons. The number of likely N-dealkylation sites (tertiary alicyclic amines) is 1. The number of piperidine rings is 2. The summed E-state index contributed by atoms with van der Waals surface area (Å²) in [7, 11) is -3.55. The number of aromatic nitrogens is 2. The minimum atomic E-state index is -4.16. The van der Waals surface area contributed by atoms with Crippen LogP contribution in [0.3, 0.4) is 0 Å². The number of hydrogen-bond donors (Lipinski definition) is 2. The van der Waals surface area contributed by atoms with E-state index in [0.717, 1.165) is 12.8 Å². The Kier molecular flexibility index (Phi) is 9.43. The van der Waals surface area contributed by atoms with E-state index >= 15 is 0 Å². The number of anilines is 1. The van der Waals surface area contributed by atoms with Crippen molar-refractivity contribution in [1.29, 1.82) is 0 Å². The molecule has 2 bridgehead atoms. The summed E-state index contributed by atoms with van der Waals surface area (Å²) in [5.41, 5.74) is 2.25. The molecule has 4 aliphatic heterocycles. The Bertz CT molecular complexity index is 1600. The highest BCUT2D eigenvalue weighted by Gasteiger charge is 2.47. The van der Waals surface area contributed by atoms with Crippen molar-refractivity contribution < 1.29 is 31.2 Å². The zero-order valence-electron chi connectivity index (χ0n) is 25.1. The highest BCUT2D eigenvalue weighted by Crippen LogP contribution is 2.40. The second kappa shape index (κ2) is 13.2. The van der Waals surface area contributed by atoms with Gasteiger partial charge in [0, 0.05) is 53.6 Å². The summed E-state index contributed by atoms with van der Waals surface area (Å²) < 4.78 is 66.3. The van der Waals surface area contributed by atoms with Gasteiger partial charge in [0.2, 0.25) is 10.0 Å². The van der Waals surface area contributed by atoms with Gasteiger partial charge in [-0.1, -0.05) is 11.6 Å². The summed E-state index contributed by atoms with van der Waals surface area (Å²) in [6, 6.07) is 2.48. The number of benzene rings is 1. The lowest BCUT2D eigenvalue weighted by atomic mass is 9.98. The number of halogens is 4.